The van der Waals surface area contributed by atoms with Crippen LogP contribution in [0.3, 0.4) is 0 Å². The van der Waals surface area contributed by atoms with E-state index in [9.17, 15) is 25.5 Å². The van der Waals surface area contributed by atoms with Crippen LogP contribution >= 0.6 is 0 Å². The van der Waals surface area contributed by atoms with Gasteiger partial charge in [-0.05, 0) is 210 Å². The lowest BCUT2D eigenvalue weighted by Crippen LogP contribution is -2.22. The van der Waals surface area contributed by atoms with Crippen LogP contribution in [0, 0.1) is 5.92 Å². The average Bonchev–Trinajstić information content (AvgIpc) is 0.799. The van der Waals surface area contributed by atoms with Crippen LogP contribution in [0.2, 0.25) is 0 Å². The summed E-state index contributed by atoms with van der Waals surface area (Å²) in [5, 5.41) is 64.9. The van der Waals surface area contributed by atoms with Crippen molar-refractivity contribution in [3.63, 3.8) is 0 Å². The van der Waals surface area contributed by atoms with E-state index >= 15 is 0 Å². The Kier molecular flexibility index (Phi) is 20.1. The molecule has 7 rings (SSSR count). The minimum Gasteiger partial charge on any atom is -0.507 e. The second kappa shape index (κ2) is 25.3. The number of benzene rings is 6. The summed E-state index contributed by atoms with van der Waals surface area (Å²) in [5.74, 6) is 1.89. The largest absolute Gasteiger partial charge is 0.507 e. The minimum atomic E-state index is -0.345. The molecule has 6 nitrogen and oxygen atoms in total. The van der Waals surface area contributed by atoms with Gasteiger partial charge in [-0.15, -0.1) is 0 Å². The van der Waals surface area contributed by atoms with Gasteiger partial charge in [0.25, 0.3) is 0 Å². The van der Waals surface area contributed by atoms with Crippen molar-refractivity contribution >= 4 is 5.69 Å². The first kappa shape index (κ1) is 74.0. The molecule has 1 atom stereocenters. The monoisotopic (exact) mass is 1260 g/mol. The summed E-state index contributed by atoms with van der Waals surface area (Å²) in [4.78, 5) is 0. The number of allylic oxidation sites excluding steroid dienone is 3. The Morgan fingerprint density at radius 1 is 0.301 bits per heavy atom. The third kappa shape index (κ3) is 17.2. The lowest BCUT2D eigenvalue weighted by Gasteiger charge is -2.33. The molecule has 0 spiro atoms. The van der Waals surface area contributed by atoms with Crippen LogP contribution in [0.1, 0.15) is 309 Å². The van der Waals surface area contributed by atoms with E-state index in [1.54, 1.807) is 0 Å². The predicted octanol–water partition coefficient (Wildman–Crippen LogP) is 22.7. The Hall–Kier alpha value is -6.40. The highest BCUT2D eigenvalue weighted by Gasteiger charge is 2.35. The number of phenols is 5. The van der Waals surface area contributed by atoms with E-state index in [0.717, 1.165) is 113 Å². The number of rotatable bonds is 12. The fraction of sp³-hybridized carbons (Fsp3) is 0.540. The van der Waals surface area contributed by atoms with Gasteiger partial charge in [0.05, 0.1) is 0 Å². The molecular weight excluding hydrogens is 1140 g/mol. The van der Waals surface area contributed by atoms with Crippen molar-refractivity contribution in [2.45, 2.75) is 300 Å². The van der Waals surface area contributed by atoms with Crippen LogP contribution in [-0.2, 0) is 86.3 Å². The SMILES string of the molecule is CC(C)(C)c1cc(CC2=CC(Cc3cc(C(C)(C)C)c(O)c(C(C)(C)C)c3)CC(Cc3cc(C(C)(C)C)c(O)c(C(C)(C)C)c3)=C2Nc2ccc(Cc3cc(C(C)(C)C)c(O)c(C(C)(C)C)c3)cc2Cc2cc(C(C)(C)C)c(O)c(C(C)(C)C)c2)cc(C(C)(C)C)c1O. The first-order valence-corrected chi connectivity index (χ1v) is 34.6. The van der Waals surface area contributed by atoms with Crippen molar-refractivity contribution in [1.29, 1.82) is 0 Å². The van der Waals surface area contributed by atoms with Crippen LogP contribution < -0.4 is 5.32 Å². The highest BCUT2D eigenvalue weighted by atomic mass is 16.3. The molecule has 0 saturated heterocycles. The van der Waals surface area contributed by atoms with Gasteiger partial charge in [0.15, 0.2) is 0 Å². The number of phenolic OH excluding ortho intramolecular Hbond substituents is 5. The smallest absolute Gasteiger partial charge is 0.123 e. The van der Waals surface area contributed by atoms with Gasteiger partial charge in [-0.2, -0.15) is 0 Å². The van der Waals surface area contributed by atoms with E-state index in [4.69, 9.17) is 0 Å². The quantitative estimate of drug-likeness (QED) is 0.0728. The molecule has 506 valence electrons. The number of hydrogen-bond donors (Lipinski definition) is 6. The standard InChI is InChI=1S/C87H123NO5/c1-78(2,3)61-41-53(42-62(73(61)89)79(4,5)6)33-51-31-32-71(58(35-51)36-55-45-65(82(13,14)15)75(91)66(46-55)83(16,17)18)88-72-59(39-56-47-67(84(19,20)21)76(92)68(48-56)85(22,23)24)37-52(34-54-43-63(80(7,8)9)74(90)64(44-54)81(10,11)12)38-60(72)40-57-49-69(86(25,26)27)77(93)70(50-57)87(28,29)30/h31-32,35,37,41-50,52,88-93H,33-34,36,38-40H2,1-30H3. The fourth-order valence-electron chi connectivity index (χ4n) is 13.8. The molecule has 0 aliphatic heterocycles. The first-order valence-electron chi connectivity index (χ1n) is 34.6. The Labute approximate surface area is 564 Å². The Balaban J connectivity index is 1.60. The molecule has 0 saturated carbocycles. The van der Waals surface area contributed by atoms with E-state index in [-0.39, 0.29) is 60.1 Å². The van der Waals surface area contributed by atoms with Crippen molar-refractivity contribution in [2.75, 3.05) is 5.32 Å². The molecule has 0 fully saturated rings. The van der Waals surface area contributed by atoms with Gasteiger partial charge in [0.2, 0.25) is 0 Å². The fourth-order valence-corrected chi connectivity index (χ4v) is 13.8. The van der Waals surface area contributed by atoms with E-state index in [0.29, 0.717) is 54.4 Å². The molecule has 0 radical (unpaired) electrons. The topological polar surface area (TPSA) is 113 Å². The molecule has 6 heteroatoms. The number of aromatic hydroxyl groups is 5. The van der Waals surface area contributed by atoms with Crippen molar-refractivity contribution in [3.05, 3.63) is 196 Å². The Bertz CT molecular complexity index is 3660. The van der Waals surface area contributed by atoms with Crippen LogP contribution in [-0.4, -0.2) is 25.5 Å². The van der Waals surface area contributed by atoms with Crippen LogP contribution in [0.25, 0.3) is 0 Å². The molecule has 1 aliphatic carbocycles. The highest BCUT2D eigenvalue weighted by Crippen LogP contribution is 2.48. The van der Waals surface area contributed by atoms with Gasteiger partial charge >= 0.3 is 0 Å². The average molecular weight is 1260 g/mol. The summed E-state index contributed by atoms with van der Waals surface area (Å²) in [6, 6.07) is 29.3. The molecule has 1 aliphatic rings. The second-order valence-corrected chi connectivity index (χ2v) is 38.4. The summed E-state index contributed by atoms with van der Waals surface area (Å²) in [6.45, 7) is 65.5. The van der Waals surface area contributed by atoms with Gasteiger partial charge in [0.1, 0.15) is 28.7 Å². The predicted molar refractivity (Wildman–Crippen MR) is 398 cm³/mol. The second-order valence-electron chi connectivity index (χ2n) is 38.4. The Morgan fingerprint density at radius 3 is 0.849 bits per heavy atom. The van der Waals surface area contributed by atoms with Crippen molar-refractivity contribution < 1.29 is 25.5 Å². The summed E-state index contributed by atoms with van der Waals surface area (Å²) in [7, 11) is 0. The van der Waals surface area contributed by atoms with Gasteiger partial charge < -0.3 is 30.8 Å². The van der Waals surface area contributed by atoms with Crippen molar-refractivity contribution in [3.8, 4) is 28.7 Å². The third-order valence-corrected chi connectivity index (χ3v) is 19.1. The van der Waals surface area contributed by atoms with E-state index < -0.39 is 0 Å². The van der Waals surface area contributed by atoms with Crippen LogP contribution in [0.4, 0.5) is 5.69 Å². The van der Waals surface area contributed by atoms with Gasteiger partial charge in [-0.3, -0.25) is 0 Å². The minimum absolute atomic E-state index is 0.0556. The van der Waals surface area contributed by atoms with Gasteiger partial charge in [-0.25, -0.2) is 0 Å². The van der Waals surface area contributed by atoms with Crippen molar-refractivity contribution in [2.24, 2.45) is 5.92 Å². The molecule has 0 heterocycles. The summed E-state index contributed by atoms with van der Waals surface area (Å²) >= 11 is 0. The van der Waals surface area contributed by atoms with E-state index in [1.165, 1.54) is 16.7 Å². The molecule has 6 aromatic carbocycles. The maximum absolute atomic E-state index is 12.2. The molecule has 0 bridgehead atoms. The number of anilines is 1. The van der Waals surface area contributed by atoms with E-state index in [2.05, 4.69) is 298 Å². The maximum atomic E-state index is 12.2. The lowest BCUT2D eigenvalue weighted by atomic mass is 9.74. The normalized spacial score (nSPS) is 15.3. The third-order valence-electron chi connectivity index (χ3n) is 19.1. The summed E-state index contributed by atoms with van der Waals surface area (Å²) in [6.07, 6.45) is 6.48. The lowest BCUT2D eigenvalue weighted by molar-refractivity contribution is 0.421. The Morgan fingerprint density at radius 2 is 0.559 bits per heavy atom. The molecule has 6 aromatic rings. The first-order chi connectivity index (χ1) is 41.9. The van der Waals surface area contributed by atoms with Crippen LogP contribution in [0.15, 0.2) is 102 Å². The summed E-state index contributed by atoms with van der Waals surface area (Å²) in [5.41, 5.74) is 18.6. The maximum Gasteiger partial charge on any atom is 0.123 e. The van der Waals surface area contributed by atoms with Crippen molar-refractivity contribution in [1.82, 2.24) is 0 Å². The zero-order valence-corrected chi connectivity index (χ0v) is 63.6. The highest BCUT2D eigenvalue weighted by molar-refractivity contribution is 5.65. The number of nitrogens with one attached hydrogen (secondary N) is 1. The van der Waals surface area contributed by atoms with E-state index in [1.807, 2.05) is 0 Å². The molecule has 93 heavy (non-hydrogen) atoms. The zero-order chi connectivity index (χ0) is 70.4. The van der Waals surface area contributed by atoms with Crippen LogP contribution in [0.5, 0.6) is 28.7 Å². The molecule has 1 unspecified atom stereocenters. The molecule has 6 N–H and O–H groups in total. The molecule has 0 aromatic heterocycles. The molecular formula is C87H123NO5. The number of hydrogen-bond acceptors (Lipinski definition) is 6. The summed E-state index contributed by atoms with van der Waals surface area (Å²) < 4.78 is 0. The zero-order valence-electron chi connectivity index (χ0n) is 63.6. The van der Waals surface area contributed by atoms with Gasteiger partial charge in [-0.1, -0.05) is 287 Å². The molecule has 0 amide bonds. The van der Waals surface area contributed by atoms with Gasteiger partial charge in [0, 0.05) is 11.4 Å².